The molecular formula is C22H13F3N2O3S. The SMILES string of the molecule is Cc1cccc2c1ccn2-c1ccc2c3c(cccc13)C(=O)N(OSC(F)(F)F)C2=O. The van der Waals surface area contributed by atoms with Gasteiger partial charge < -0.3 is 4.57 Å². The quantitative estimate of drug-likeness (QED) is 0.298. The Hall–Kier alpha value is -3.30. The normalized spacial score (nSPS) is 14.1. The fourth-order valence-electron chi connectivity index (χ4n) is 3.95. The van der Waals surface area contributed by atoms with Crippen LogP contribution in [0.15, 0.2) is 60.8 Å². The summed E-state index contributed by atoms with van der Waals surface area (Å²) in [7, 11) is 0. The molecule has 0 spiro atoms. The van der Waals surface area contributed by atoms with Crippen LogP contribution in [0.2, 0.25) is 0 Å². The van der Waals surface area contributed by atoms with Gasteiger partial charge in [0.2, 0.25) is 0 Å². The largest absolute Gasteiger partial charge is 0.470 e. The van der Waals surface area contributed by atoms with Crippen molar-refractivity contribution in [1.29, 1.82) is 0 Å². The van der Waals surface area contributed by atoms with Crippen LogP contribution in [-0.2, 0) is 4.28 Å². The maximum absolute atomic E-state index is 12.8. The van der Waals surface area contributed by atoms with Gasteiger partial charge in [0, 0.05) is 22.4 Å². The first-order valence-corrected chi connectivity index (χ1v) is 9.94. The van der Waals surface area contributed by atoms with E-state index in [2.05, 4.69) is 4.28 Å². The van der Waals surface area contributed by atoms with E-state index in [1.54, 1.807) is 18.2 Å². The third kappa shape index (κ3) is 3.08. The van der Waals surface area contributed by atoms with E-state index in [0.29, 0.717) is 10.8 Å². The van der Waals surface area contributed by atoms with E-state index in [-0.39, 0.29) is 16.2 Å². The standard InChI is InChI=1S/C22H13F3N2O3S/c1-12-4-2-7-17-13(12)10-11-26(17)18-9-8-16-19-14(18)5-3-6-15(19)20(28)27(21(16)29)30-31-22(23,24)25/h2-11H,1H3. The topological polar surface area (TPSA) is 51.5 Å². The molecule has 0 saturated heterocycles. The number of aromatic nitrogens is 1. The average molecular weight is 442 g/mol. The predicted molar refractivity (Wildman–Crippen MR) is 111 cm³/mol. The lowest BCUT2D eigenvalue weighted by molar-refractivity contribution is -0.0570. The van der Waals surface area contributed by atoms with E-state index in [1.807, 2.05) is 42.0 Å². The summed E-state index contributed by atoms with van der Waals surface area (Å²) in [6.07, 6.45) is 1.91. The minimum atomic E-state index is -4.76. The van der Waals surface area contributed by atoms with Crippen molar-refractivity contribution in [1.82, 2.24) is 9.63 Å². The van der Waals surface area contributed by atoms with Crippen molar-refractivity contribution in [2.45, 2.75) is 12.4 Å². The second-order valence-corrected chi connectivity index (χ2v) is 7.84. The van der Waals surface area contributed by atoms with Gasteiger partial charge in [0.05, 0.1) is 22.3 Å². The molecular weight excluding hydrogens is 429 g/mol. The number of hydroxylamine groups is 2. The summed E-state index contributed by atoms with van der Waals surface area (Å²) in [4.78, 5) is 25.6. The maximum atomic E-state index is 12.8. The van der Waals surface area contributed by atoms with Crippen LogP contribution in [0, 0.1) is 6.92 Å². The molecule has 1 aromatic heterocycles. The Morgan fingerprint density at radius 3 is 2.32 bits per heavy atom. The number of aryl methyl sites for hydroxylation is 1. The Labute approximate surface area is 178 Å². The third-order valence-electron chi connectivity index (χ3n) is 5.26. The molecule has 0 radical (unpaired) electrons. The van der Waals surface area contributed by atoms with E-state index in [0.717, 1.165) is 22.2 Å². The van der Waals surface area contributed by atoms with Gasteiger partial charge in [0.15, 0.2) is 0 Å². The number of amides is 2. The average Bonchev–Trinajstić information content (AvgIpc) is 3.16. The van der Waals surface area contributed by atoms with Crippen LogP contribution in [0.25, 0.3) is 27.4 Å². The Morgan fingerprint density at radius 2 is 1.58 bits per heavy atom. The highest BCUT2D eigenvalue weighted by Crippen LogP contribution is 2.38. The van der Waals surface area contributed by atoms with Crippen molar-refractivity contribution in [3.05, 3.63) is 77.5 Å². The second-order valence-electron chi connectivity index (χ2n) is 7.06. The van der Waals surface area contributed by atoms with E-state index >= 15 is 0 Å². The molecule has 0 atom stereocenters. The van der Waals surface area contributed by atoms with E-state index in [9.17, 15) is 22.8 Å². The van der Waals surface area contributed by atoms with Crippen LogP contribution >= 0.6 is 12.0 Å². The Balaban J connectivity index is 1.69. The molecule has 2 heterocycles. The summed E-state index contributed by atoms with van der Waals surface area (Å²) in [5, 5.41) is 2.25. The number of nitrogens with zero attached hydrogens (tertiary/aromatic N) is 2. The lowest BCUT2D eigenvalue weighted by Gasteiger charge is -2.26. The van der Waals surface area contributed by atoms with Gasteiger partial charge in [-0.15, -0.1) is 5.06 Å². The van der Waals surface area contributed by atoms with Crippen LogP contribution in [0.4, 0.5) is 13.2 Å². The zero-order valence-electron chi connectivity index (χ0n) is 15.9. The summed E-state index contributed by atoms with van der Waals surface area (Å²) in [6, 6.07) is 16.0. The zero-order valence-corrected chi connectivity index (χ0v) is 16.8. The fourth-order valence-corrected chi connectivity index (χ4v) is 4.24. The summed E-state index contributed by atoms with van der Waals surface area (Å²) >= 11 is -0.904. The van der Waals surface area contributed by atoms with Crippen molar-refractivity contribution in [3.63, 3.8) is 0 Å². The van der Waals surface area contributed by atoms with Crippen LogP contribution in [0.3, 0.4) is 0 Å². The third-order valence-corrected chi connectivity index (χ3v) is 5.68. The molecule has 1 aliphatic rings. The molecule has 31 heavy (non-hydrogen) atoms. The number of benzene rings is 3. The molecule has 156 valence electrons. The van der Waals surface area contributed by atoms with Crippen molar-refractivity contribution >= 4 is 45.5 Å². The zero-order chi connectivity index (χ0) is 21.9. The first-order chi connectivity index (χ1) is 14.8. The van der Waals surface area contributed by atoms with Crippen LogP contribution < -0.4 is 0 Å². The molecule has 2 amide bonds. The van der Waals surface area contributed by atoms with Gasteiger partial charge >= 0.3 is 5.51 Å². The molecule has 5 rings (SSSR count). The lowest BCUT2D eigenvalue weighted by Crippen LogP contribution is -2.39. The number of hydrogen-bond acceptors (Lipinski definition) is 4. The first kappa shape index (κ1) is 19.7. The highest BCUT2D eigenvalue weighted by atomic mass is 32.2. The Bertz CT molecular complexity index is 1370. The van der Waals surface area contributed by atoms with E-state index in [4.69, 9.17) is 0 Å². The van der Waals surface area contributed by atoms with E-state index in [1.165, 1.54) is 12.1 Å². The monoisotopic (exact) mass is 442 g/mol. The number of alkyl halides is 3. The van der Waals surface area contributed by atoms with E-state index < -0.39 is 29.4 Å². The van der Waals surface area contributed by atoms with Gasteiger partial charge in [0.1, 0.15) is 12.0 Å². The summed E-state index contributed by atoms with van der Waals surface area (Å²) < 4.78 is 44.0. The number of rotatable bonds is 3. The van der Waals surface area contributed by atoms with Gasteiger partial charge in [-0.25, -0.2) is 0 Å². The van der Waals surface area contributed by atoms with Gasteiger partial charge in [-0.1, -0.05) is 24.3 Å². The number of halogens is 3. The number of carbonyl (C=O) groups is 2. The fraction of sp³-hybridized carbons (Fsp3) is 0.0909. The summed E-state index contributed by atoms with van der Waals surface area (Å²) in [5.41, 5.74) is -1.74. The highest BCUT2D eigenvalue weighted by molar-refractivity contribution is 7.95. The second kappa shape index (κ2) is 6.86. The predicted octanol–water partition coefficient (Wildman–Crippen LogP) is 5.79. The molecule has 0 aliphatic carbocycles. The lowest BCUT2D eigenvalue weighted by atomic mass is 9.94. The number of imide groups is 1. The first-order valence-electron chi connectivity index (χ1n) is 9.20. The molecule has 0 fully saturated rings. The van der Waals surface area contributed by atoms with Gasteiger partial charge in [-0.3, -0.25) is 9.59 Å². The summed E-state index contributed by atoms with van der Waals surface area (Å²) in [5.74, 6) is -1.88. The van der Waals surface area contributed by atoms with Crippen molar-refractivity contribution in [2.24, 2.45) is 0 Å². The molecule has 0 bridgehead atoms. The smallest absolute Gasteiger partial charge is 0.316 e. The number of carbonyl (C=O) groups excluding carboxylic acids is 2. The molecule has 0 saturated carbocycles. The molecule has 9 heteroatoms. The number of fused-ring (bicyclic) bond motifs is 1. The maximum Gasteiger partial charge on any atom is 0.470 e. The molecule has 1 aliphatic heterocycles. The van der Waals surface area contributed by atoms with Crippen molar-refractivity contribution < 1.29 is 27.0 Å². The van der Waals surface area contributed by atoms with Gasteiger partial charge in [0.25, 0.3) is 11.8 Å². The highest BCUT2D eigenvalue weighted by Gasteiger charge is 2.39. The van der Waals surface area contributed by atoms with Crippen molar-refractivity contribution in [3.8, 4) is 5.69 Å². The van der Waals surface area contributed by atoms with Gasteiger partial charge in [-0.05, 0) is 42.8 Å². The molecule has 4 aromatic rings. The molecule has 5 nitrogen and oxygen atoms in total. The van der Waals surface area contributed by atoms with Crippen LogP contribution in [0.5, 0.6) is 0 Å². The van der Waals surface area contributed by atoms with Crippen molar-refractivity contribution in [2.75, 3.05) is 0 Å². The Morgan fingerprint density at radius 1 is 0.871 bits per heavy atom. The van der Waals surface area contributed by atoms with Gasteiger partial charge in [-0.2, -0.15) is 17.5 Å². The molecule has 3 aromatic carbocycles. The molecule has 0 N–H and O–H groups in total. The Kier molecular flexibility index (Phi) is 4.35. The minimum Gasteiger partial charge on any atom is -0.316 e. The van der Waals surface area contributed by atoms with Crippen LogP contribution in [-0.4, -0.2) is 27.0 Å². The van der Waals surface area contributed by atoms with Crippen LogP contribution in [0.1, 0.15) is 26.3 Å². The summed E-state index contributed by atoms with van der Waals surface area (Å²) in [6.45, 7) is 2.01. The number of hydrogen-bond donors (Lipinski definition) is 0. The minimum absolute atomic E-state index is 0.101. The molecule has 0 unspecified atom stereocenters.